The van der Waals surface area contributed by atoms with Crippen molar-refractivity contribution in [3.63, 3.8) is 0 Å². The molecular formula is C16H19FN4O2. The number of carbonyl (C=O) groups is 1. The molecule has 0 aliphatic rings. The van der Waals surface area contributed by atoms with E-state index >= 15 is 0 Å². The zero-order chi connectivity index (χ0) is 16.7. The molecular weight excluding hydrogens is 299 g/mol. The van der Waals surface area contributed by atoms with Crippen molar-refractivity contribution in [2.75, 3.05) is 6.54 Å². The van der Waals surface area contributed by atoms with Crippen LogP contribution in [0, 0.1) is 5.82 Å². The van der Waals surface area contributed by atoms with Crippen molar-refractivity contribution in [3.8, 4) is 0 Å². The number of furan rings is 1. The zero-order valence-electron chi connectivity index (χ0n) is 12.8. The first kappa shape index (κ1) is 16.5. The molecule has 7 heteroatoms. The second-order valence-corrected chi connectivity index (χ2v) is 4.81. The number of hydrogen-bond donors (Lipinski definition) is 3. The van der Waals surface area contributed by atoms with Crippen LogP contribution in [-0.4, -0.2) is 18.4 Å². The minimum absolute atomic E-state index is 0.120. The van der Waals surface area contributed by atoms with Gasteiger partial charge in [-0.2, -0.15) is 0 Å². The lowest BCUT2D eigenvalue weighted by atomic mass is 10.2. The highest BCUT2D eigenvalue weighted by Gasteiger charge is 2.07. The highest BCUT2D eigenvalue weighted by Crippen LogP contribution is 2.07. The fraction of sp³-hybridized carbons (Fsp3) is 0.250. The fourth-order valence-corrected chi connectivity index (χ4v) is 1.88. The molecule has 1 aromatic carbocycles. The van der Waals surface area contributed by atoms with Crippen LogP contribution in [-0.2, 0) is 13.1 Å². The maximum absolute atomic E-state index is 12.9. The molecule has 0 atom stereocenters. The van der Waals surface area contributed by atoms with Crippen LogP contribution in [0.25, 0.3) is 0 Å². The number of primary amides is 1. The first-order valence-electron chi connectivity index (χ1n) is 7.23. The number of carbonyl (C=O) groups excluding carboxylic acids is 1. The van der Waals surface area contributed by atoms with Gasteiger partial charge in [0, 0.05) is 6.54 Å². The second-order valence-electron chi connectivity index (χ2n) is 4.81. The Morgan fingerprint density at radius 2 is 1.96 bits per heavy atom. The topological polar surface area (TPSA) is 92.6 Å². The summed E-state index contributed by atoms with van der Waals surface area (Å²) in [5.41, 5.74) is 6.04. The van der Waals surface area contributed by atoms with E-state index in [1.54, 1.807) is 18.2 Å². The van der Waals surface area contributed by atoms with Crippen LogP contribution >= 0.6 is 0 Å². The van der Waals surface area contributed by atoms with E-state index in [0.29, 0.717) is 31.4 Å². The molecule has 1 heterocycles. The normalized spacial score (nSPS) is 11.3. The maximum atomic E-state index is 12.9. The van der Waals surface area contributed by atoms with E-state index in [1.165, 1.54) is 18.2 Å². The van der Waals surface area contributed by atoms with Crippen molar-refractivity contribution in [2.45, 2.75) is 20.0 Å². The van der Waals surface area contributed by atoms with Crippen LogP contribution in [0.5, 0.6) is 0 Å². The Bertz CT molecular complexity index is 680. The first-order chi connectivity index (χ1) is 11.1. The molecule has 23 heavy (non-hydrogen) atoms. The van der Waals surface area contributed by atoms with Crippen LogP contribution in [0.15, 0.2) is 45.8 Å². The van der Waals surface area contributed by atoms with Gasteiger partial charge in [0.1, 0.15) is 11.6 Å². The third-order valence-corrected chi connectivity index (χ3v) is 3.01. The van der Waals surface area contributed by atoms with Gasteiger partial charge in [-0.25, -0.2) is 9.38 Å². The van der Waals surface area contributed by atoms with Crippen LogP contribution < -0.4 is 16.4 Å². The summed E-state index contributed by atoms with van der Waals surface area (Å²) in [4.78, 5) is 15.4. The quantitative estimate of drug-likeness (QED) is 0.559. The summed E-state index contributed by atoms with van der Waals surface area (Å²) >= 11 is 0. The molecule has 0 unspecified atom stereocenters. The van der Waals surface area contributed by atoms with Gasteiger partial charge in [-0.3, -0.25) is 4.79 Å². The Hall–Kier alpha value is -2.83. The molecule has 0 fully saturated rings. The Morgan fingerprint density at radius 1 is 1.22 bits per heavy atom. The smallest absolute Gasteiger partial charge is 0.284 e. The molecule has 1 amide bonds. The van der Waals surface area contributed by atoms with Crippen molar-refractivity contribution in [2.24, 2.45) is 10.7 Å². The van der Waals surface area contributed by atoms with Crippen molar-refractivity contribution in [3.05, 3.63) is 59.3 Å². The summed E-state index contributed by atoms with van der Waals surface area (Å²) in [5.74, 6) is 0.411. The molecule has 0 radical (unpaired) electrons. The molecule has 0 aliphatic heterocycles. The molecule has 2 aromatic rings. The van der Waals surface area contributed by atoms with Crippen molar-refractivity contribution >= 4 is 11.9 Å². The number of nitrogens with one attached hydrogen (secondary N) is 2. The van der Waals surface area contributed by atoms with E-state index in [4.69, 9.17) is 10.2 Å². The van der Waals surface area contributed by atoms with E-state index in [0.717, 1.165) is 5.56 Å². The summed E-state index contributed by atoms with van der Waals surface area (Å²) in [6, 6.07) is 9.39. The standard InChI is InChI=1S/C16H19FN4O2/c1-2-19-16(20-9-11-3-5-12(17)6-4-11)21-10-13-7-8-14(23-13)15(18)22/h3-8H,2,9-10H2,1H3,(H2,18,22)(H2,19,20,21). The van der Waals surface area contributed by atoms with Crippen LogP contribution in [0.1, 0.15) is 28.8 Å². The lowest BCUT2D eigenvalue weighted by Gasteiger charge is -2.10. The number of nitrogens with zero attached hydrogens (tertiary/aromatic N) is 1. The van der Waals surface area contributed by atoms with E-state index in [1.807, 2.05) is 6.92 Å². The summed E-state index contributed by atoms with van der Waals surface area (Å²) in [6.07, 6.45) is 0. The Labute approximate surface area is 133 Å². The number of aliphatic imine (C=N–C) groups is 1. The van der Waals surface area contributed by atoms with Gasteiger partial charge < -0.3 is 20.8 Å². The van der Waals surface area contributed by atoms with Crippen LogP contribution in [0.2, 0.25) is 0 Å². The van der Waals surface area contributed by atoms with Gasteiger partial charge in [-0.1, -0.05) is 12.1 Å². The van der Waals surface area contributed by atoms with Crippen molar-refractivity contribution < 1.29 is 13.6 Å². The van der Waals surface area contributed by atoms with Gasteiger partial charge >= 0.3 is 0 Å². The summed E-state index contributed by atoms with van der Waals surface area (Å²) in [6.45, 7) is 3.43. The molecule has 4 N–H and O–H groups in total. The van der Waals surface area contributed by atoms with E-state index in [9.17, 15) is 9.18 Å². The average molecular weight is 318 g/mol. The predicted molar refractivity (Wildman–Crippen MR) is 85.3 cm³/mol. The summed E-state index contributed by atoms with van der Waals surface area (Å²) in [5, 5.41) is 6.19. The first-order valence-corrected chi connectivity index (χ1v) is 7.23. The van der Waals surface area contributed by atoms with Crippen LogP contribution in [0.3, 0.4) is 0 Å². The molecule has 0 saturated carbocycles. The van der Waals surface area contributed by atoms with Gasteiger partial charge in [0.15, 0.2) is 11.7 Å². The molecule has 2 rings (SSSR count). The highest BCUT2D eigenvalue weighted by atomic mass is 19.1. The van der Waals surface area contributed by atoms with Gasteiger partial charge in [0.05, 0.1) is 13.1 Å². The SMILES string of the molecule is CCNC(=NCc1ccc(F)cc1)NCc1ccc(C(N)=O)o1. The second kappa shape index (κ2) is 7.98. The van der Waals surface area contributed by atoms with Gasteiger partial charge in [0.25, 0.3) is 5.91 Å². The highest BCUT2D eigenvalue weighted by molar-refractivity contribution is 5.89. The summed E-state index contributed by atoms with van der Waals surface area (Å²) < 4.78 is 18.2. The fourth-order valence-electron chi connectivity index (χ4n) is 1.88. The molecule has 1 aromatic heterocycles. The molecule has 0 spiro atoms. The minimum Gasteiger partial charge on any atom is -0.454 e. The lowest BCUT2D eigenvalue weighted by molar-refractivity contribution is 0.0972. The molecule has 122 valence electrons. The number of rotatable bonds is 6. The third-order valence-electron chi connectivity index (χ3n) is 3.01. The number of halogens is 1. The molecule has 0 aliphatic carbocycles. The predicted octanol–water partition coefficient (Wildman–Crippen LogP) is 1.77. The molecule has 6 nitrogen and oxygen atoms in total. The van der Waals surface area contributed by atoms with Gasteiger partial charge in [0.2, 0.25) is 0 Å². The molecule has 0 bridgehead atoms. The number of benzene rings is 1. The number of amides is 1. The Morgan fingerprint density at radius 3 is 2.57 bits per heavy atom. The lowest BCUT2D eigenvalue weighted by Crippen LogP contribution is -2.36. The number of nitrogens with two attached hydrogens (primary N) is 1. The monoisotopic (exact) mass is 318 g/mol. The van der Waals surface area contributed by atoms with Crippen molar-refractivity contribution in [1.29, 1.82) is 0 Å². The number of guanidine groups is 1. The van der Waals surface area contributed by atoms with Crippen LogP contribution in [0.4, 0.5) is 4.39 Å². The average Bonchev–Trinajstić information content (AvgIpc) is 3.01. The number of hydrogen-bond acceptors (Lipinski definition) is 3. The van der Waals surface area contributed by atoms with Crippen molar-refractivity contribution in [1.82, 2.24) is 10.6 Å². The Kier molecular flexibility index (Phi) is 5.74. The molecule has 0 saturated heterocycles. The van der Waals surface area contributed by atoms with Gasteiger partial charge in [-0.15, -0.1) is 0 Å². The Balaban J connectivity index is 1.95. The van der Waals surface area contributed by atoms with E-state index < -0.39 is 5.91 Å². The van der Waals surface area contributed by atoms with E-state index in [-0.39, 0.29) is 11.6 Å². The maximum Gasteiger partial charge on any atom is 0.284 e. The van der Waals surface area contributed by atoms with Gasteiger partial charge in [-0.05, 0) is 36.8 Å². The zero-order valence-corrected chi connectivity index (χ0v) is 12.8. The third kappa shape index (κ3) is 5.14. The minimum atomic E-state index is -0.604. The van der Waals surface area contributed by atoms with E-state index in [2.05, 4.69) is 15.6 Å². The largest absolute Gasteiger partial charge is 0.454 e. The summed E-state index contributed by atoms with van der Waals surface area (Å²) in [7, 11) is 0.